The van der Waals surface area contributed by atoms with Gasteiger partial charge in [0.05, 0.1) is 18.9 Å². The summed E-state index contributed by atoms with van der Waals surface area (Å²) in [5, 5.41) is 3.30. The molecule has 0 radical (unpaired) electrons. The number of thioether (sulfide) groups is 1. The van der Waals surface area contributed by atoms with Gasteiger partial charge in [0.15, 0.2) is 5.13 Å². The Balaban J connectivity index is 1.58. The van der Waals surface area contributed by atoms with Crippen molar-refractivity contribution < 1.29 is 4.74 Å². The van der Waals surface area contributed by atoms with Gasteiger partial charge in [-0.05, 0) is 19.1 Å². The number of hydrogen-bond donors (Lipinski definition) is 0. The summed E-state index contributed by atoms with van der Waals surface area (Å²) in [5.74, 6) is 0.934. The van der Waals surface area contributed by atoms with Gasteiger partial charge in [0.25, 0.3) is 0 Å². The molecule has 0 aliphatic carbocycles. The largest absolute Gasteiger partial charge is 0.378 e. The van der Waals surface area contributed by atoms with E-state index in [-0.39, 0.29) is 0 Å². The lowest BCUT2D eigenvalue weighted by Gasteiger charge is -2.26. The van der Waals surface area contributed by atoms with E-state index in [1.54, 1.807) is 11.3 Å². The van der Waals surface area contributed by atoms with Gasteiger partial charge in [-0.2, -0.15) is 0 Å². The predicted octanol–water partition coefficient (Wildman–Crippen LogP) is 3.58. The molecule has 1 saturated heterocycles. The summed E-state index contributed by atoms with van der Waals surface area (Å²) in [5.41, 5.74) is 2.47. The van der Waals surface area contributed by atoms with E-state index in [0.29, 0.717) is 0 Å². The van der Waals surface area contributed by atoms with Crippen molar-refractivity contribution in [3.05, 3.63) is 40.9 Å². The highest BCUT2D eigenvalue weighted by Gasteiger charge is 2.14. The van der Waals surface area contributed by atoms with Crippen molar-refractivity contribution in [3.63, 3.8) is 0 Å². The van der Waals surface area contributed by atoms with Gasteiger partial charge in [0.2, 0.25) is 0 Å². The molecule has 0 atom stereocenters. The first-order valence-corrected chi connectivity index (χ1v) is 8.64. The molecular formula is C15H18N2OS2. The summed E-state index contributed by atoms with van der Waals surface area (Å²) >= 11 is 3.58. The Kier molecular flexibility index (Phi) is 4.60. The van der Waals surface area contributed by atoms with Crippen molar-refractivity contribution in [1.82, 2.24) is 4.98 Å². The molecule has 106 valence electrons. The van der Waals surface area contributed by atoms with Gasteiger partial charge in [-0.15, -0.1) is 23.1 Å². The van der Waals surface area contributed by atoms with Gasteiger partial charge >= 0.3 is 0 Å². The normalized spacial score (nSPS) is 15.6. The second-order valence-corrected chi connectivity index (χ2v) is 6.71. The SMILES string of the molecule is Cc1ccc(SCc2csc(N3CCOCC3)n2)cc1. The van der Waals surface area contributed by atoms with Crippen LogP contribution in [0.3, 0.4) is 0 Å². The molecule has 0 N–H and O–H groups in total. The second kappa shape index (κ2) is 6.61. The van der Waals surface area contributed by atoms with Crippen LogP contribution in [-0.4, -0.2) is 31.3 Å². The molecule has 1 aliphatic heterocycles. The van der Waals surface area contributed by atoms with E-state index in [1.807, 2.05) is 11.8 Å². The zero-order valence-corrected chi connectivity index (χ0v) is 13.2. The first kappa shape index (κ1) is 13.9. The zero-order chi connectivity index (χ0) is 13.8. The lowest BCUT2D eigenvalue weighted by Crippen LogP contribution is -2.36. The van der Waals surface area contributed by atoms with Crippen molar-refractivity contribution in [2.45, 2.75) is 17.6 Å². The fourth-order valence-corrected chi connectivity index (χ4v) is 3.83. The van der Waals surface area contributed by atoms with Gasteiger partial charge in [-0.1, -0.05) is 17.7 Å². The Labute approximate surface area is 128 Å². The molecule has 2 heterocycles. The summed E-state index contributed by atoms with van der Waals surface area (Å²) < 4.78 is 5.37. The van der Waals surface area contributed by atoms with E-state index in [1.165, 1.54) is 16.2 Å². The molecule has 3 rings (SSSR count). The van der Waals surface area contributed by atoms with Crippen molar-refractivity contribution in [1.29, 1.82) is 0 Å². The smallest absolute Gasteiger partial charge is 0.185 e. The quantitative estimate of drug-likeness (QED) is 0.806. The van der Waals surface area contributed by atoms with Crippen molar-refractivity contribution in [3.8, 4) is 0 Å². The predicted molar refractivity (Wildman–Crippen MR) is 85.9 cm³/mol. The average molecular weight is 306 g/mol. The maximum absolute atomic E-state index is 5.37. The Morgan fingerprint density at radius 2 is 2.00 bits per heavy atom. The molecule has 5 heteroatoms. The Hall–Kier alpha value is -1.04. The van der Waals surface area contributed by atoms with E-state index in [4.69, 9.17) is 9.72 Å². The molecule has 1 aromatic heterocycles. The van der Waals surface area contributed by atoms with Gasteiger partial charge < -0.3 is 9.64 Å². The minimum absolute atomic E-state index is 0.813. The maximum atomic E-state index is 5.37. The van der Waals surface area contributed by atoms with Gasteiger partial charge in [0, 0.05) is 29.1 Å². The van der Waals surface area contributed by atoms with Crippen molar-refractivity contribution in [2.75, 3.05) is 31.2 Å². The number of nitrogens with zero attached hydrogens (tertiary/aromatic N) is 2. The molecule has 3 nitrogen and oxygen atoms in total. The first-order valence-electron chi connectivity index (χ1n) is 6.78. The molecule has 0 saturated carbocycles. The number of aryl methyl sites for hydroxylation is 1. The lowest BCUT2D eigenvalue weighted by molar-refractivity contribution is 0.122. The van der Waals surface area contributed by atoms with E-state index >= 15 is 0 Å². The Morgan fingerprint density at radius 3 is 2.75 bits per heavy atom. The standard InChI is InChI=1S/C15H18N2OS2/c1-12-2-4-14(5-3-12)19-10-13-11-20-15(16-13)17-6-8-18-9-7-17/h2-5,11H,6-10H2,1H3. The van der Waals surface area contributed by atoms with Crippen LogP contribution in [0.2, 0.25) is 0 Å². The van der Waals surface area contributed by atoms with Crippen LogP contribution in [0.5, 0.6) is 0 Å². The van der Waals surface area contributed by atoms with E-state index in [0.717, 1.165) is 37.2 Å². The van der Waals surface area contributed by atoms with Gasteiger partial charge in [-0.3, -0.25) is 0 Å². The number of ether oxygens (including phenoxy) is 1. The molecule has 1 aromatic carbocycles. The number of anilines is 1. The number of morpholine rings is 1. The highest BCUT2D eigenvalue weighted by atomic mass is 32.2. The number of benzene rings is 1. The highest BCUT2D eigenvalue weighted by Crippen LogP contribution is 2.27. The van der Waals surface area contributed by atoms with Crippen molar-refractivity contribution in [2.24, 2.45) is 0 Å². The monoisotopic (exact) mass is 306 g/mol. The van der Waals surface area contributed by atoms with Crippen LogP contribution in [0, 0.1) is 6.92 Å². The third-order valence-corrected chi connectivity index (χ3v) is 5.22. The summed E-state index contributed by atoms with van der Waals surface area (Å²) in [4.78, 5) is 8.35. The first-order chi connectivity index (χ1) is 9.81. The van der Waals surface area contributed by atoms with Crippen molar-refractivity contribution >= 4 is 28.2 Å². The summed E-state index contributed by atoms with van der Waals surface area (Å²) in [7, 11) is 0. The summed E-state index contributed by atoms with van der Waals surface area (Å²) in [6, 6.07) is 8.66. The summed E-state index contributed by atoms with van der Waals surface area (Å²) in [6.45, 7) is 5.65. The molecule has 2 aromatic rings. The highest BCUT2D eigenvalue weighted by molar-refractivity contribution is 7.98. The lowest BCUT2D eigenvalue weighted by atomic mass is 10.2. The Morgan fingerprint density at radius 1 is 1.25 bits per heavy atom. The fraction of sp³-hybridized carbons (Fsp3) is 0.400. The minimum atomic E-state index is 0.813. The molecule has 1 fully saturated rings. The summed E-state index contributed by atoms with van der Waals surface area (Å²) in [6.07, 6.45) is 0. The molecular weight excluding hydrogens is 288 g/mol. The Bertz CT molecular complexity index is 547. The van der Waals surface area contributed by atoms with Crippen LogP contribution in [0.1, 0.15) is 11.3 Å². The van der Waals surface area contributed by atoms with E-state index in [9.17, 15) is 0 Å². The molecule has 0 bridgehead atoms. The third-order valence-electron chi connectivity index (χ3n) is 3.23. The van der Waals surface area contributed by atoms with Crippen LogP contribution < -0.4 is 4.90 Å². The average Bonchev–Trinajstić information content (AvgIpc) is 2.97. The minimum Gasteiger partial charge on any atom is -0.378 e. The zero-order valence-electron chi connectivity index (χ0n) is 11.5. The molecule has 0 unspecified atom stereocenters. The van der Waals surface area contributed by atoms with Crippen LogP contribution in [0.4, 0.5) is 5.13 Å². The van der Waals surface area contributed by atoms with Gasteiger partial charge in [-0.25, -0.2) is 4.98 Å². The van der Waals surface area contributed by atoms with Crippen LogP contribution in [-0.2, 0) is 10.5 Å². The molecule has 0 amide bonds. The molecule has 0 spiro atoms. The fourth-order valence-electron chi connectivity index (χ4n) is 2.05. The van der Waals surface area contributed by atoms with Crippen LogP contribution >= 0.6 is 23.1 Å². The third kappa shape index (κ3) is 3.53. The number of thiazole rings is 1. The molecule has 20 heavy (non-hydrogen) atoms. The van der Waals surface area contributed by atoms with E-state index in [2.05, 4.69) is 41.5 Å². The van der Waals surface area contributed by atoms with Crippen LogP contribution in [0.25, 0.3) is 0 Å². The second-order valence-electron chi connectivity index (χ2n) is 4.82. The molecule has 1 aliphatic rings. The number of rotatable bonds is 4. The topological polar surface area (TPSA) is 25.4 Å². The maximum Gasteiger partial charge on any atom is 0.185 e. The van der Waals surface area contributed by atoms with E-state index < -0.39 is 0 Å². The van der Waals surface area contributed by atoms with Crippen LogP contribution in [0.15, 0.2) is 34.5 Å². The number of aromatic nitrogens is 1. The number of hydrogen-bond acceptors (Lipinski definition) is 5. The van der Waals surface area contributed by atoms with Gasteiger partial charge in [0.1, 0.15) is 0 Å².